The van der Waals surface area contributed by atoms with Crippen LogP contribution in [0.15, 0.2) is 84.9 Å². The number of anilines is 1. The van der Waals surface area contributed by atoms with Crippen LogP contribution in [0, 0.1) is 6.92 Å². The van der Waals surface area contributed by atoms with Gasteiger partial charge < -0.3 is 10.2 Å². The molecule has 208 valence electrons. The van der Waals surface area contributed by atoms with Gasteiger partial charge in [0.2, 0.25) is 11.8 Å². The van der Waals surface area contributed by atoms with E-state index in [1.165, 1.54) is 19.0 Å². The highest BCUT2D eigenvalue weighted by Gasteiger charge is 2.35. The van der Waals surface area contributed by atoms with E-state index < -0.39 is 28.7 Å². The molecule has 3 aromatic carbocycles. The fraction of sp³-hybridized carbons (Fsp3) is 0.333. The first kappa shape index (κ1) is 29.9. The number of amides is 2. The number of hydrogen-bond donors (Lipinski definition) is 1. The van der Waals surface area contributed by atoms with Crippen LogP contribution in [-0.4, -0.2) is 62.2 Å². The third kappa shape index (κ3) is 7.91. The SMILES string of the molecule is Cc1ccccc1CN(C(=O)CN(c1ccccc1)S(=O)(=O)N(C)C)C(Cc1ccccc1)C(=O)NC(C)C. The number of benzene rings is 3. The van der Waals surface area contributed by atoms with E-state index in [2.05, 4.69) is 5.32 Å². The van der Waals surface area contributed by atoms with Crippen LogP contribution >= 0.6 is 0 Å². The van der Waals surface area contributed by atoms with E-state index >= 15 is 0 Å². The van der Waals surface area contributed by atoms with Crippen molar-refractivity contribution < 1.29 is 18.0 Å². The predicted octanol–water partition coefficient (Wildman–Crippen LogP) is 3.77. The van der Waals surface area contributed by atoms with Gasteiger partial charge in [0.05, 0.1) is 5.69 Å². The van der Waals surface area contributed by atoms with Crippen LogP contribution in [0.3, 0.4) is 0 Å². The summed E-state index contributed by atoms with van der Waals surface area (Å²) in [6.07, 6.45) is 0.281. The Bertz CT molecular complexity index is 1350. The molecule has 0 aliphatic heterocycles. The van der Waals surface area contributed by atoms with Crippen molar-refractivity contribution in [2.24, 2.45) is 0 Å². The van der Waals surface area contributed by atoms with Gasteiger partial charge in [-0.15, -0.1) is 0 Å². The van der Waals surface area contributed by atoms with Crippen molar-refractivity contribution in [3.8, 4) is 0 Å². The zero-order chi connectivity index (χ0) is 28.6. The minimum Gasteiger partial charge on any atom is -0.352 e. The van der Waals surface area contributed by atoms with Gasteiger partial charge in [-0.05, 0) is 49.6 Å². The lowest BCUT2D eigenvalue weighted by Crippen LogP contribution is -2.55. The molecule has 1 N–H and O–H groups in total. The summed E-state index contributed by atoms with van der Waals surface area (Å²) in [4.78, 5) is 29.3. The van der Waals surface area contributed by atoms with E-state index in [-0.39, 0.29) is 24.9 Å². The summed E-state index contributed by atoms with van der Waals surface area (Å²) in [5.41, 5.74) is 3.10. The Labute approximate surface area is 232 Å². The third-order valence-corrected chi connectivity index (χ3v) is 8.19. The van der Waals surface area contributed by atoms with Crippen LogP contribution in [-0.2, 0) is 32.8 Å². The summed E-state index contributed by atoms with van der Waals surface area (Å²) in [7, 11) is -1.16. The van der Waals surface area contributed by atoms with E-state index in [9.17, 15) is 18.0 Å². The quantitative estimate of drug-likeness (QED) is 0.372. The van der Waals surface area contributed by atoms with Crippen LogP contribution in [0.2, 0.25) is 0 Å². The molecule has 0 aliphatic rings. The van der Waals surface area contributed by atoms with E-state index in [1.54, 1.807) is 30.3 Å². The van der Waals surface area contributed by atoms with Crippen molar-refractivity contribution in [3.63, 3.8) is 0 Å². The summed E-state index contributed by atoms with van der Waals surface area (Å²) in [5, 5.41) is 2.96. The van der Waals surface area contributed by atoms with Crippen molar-refractivity contribution in [2.75, 3.05) is 24.9 Å². The van der Waals surface area contributed by atoms with Gasteiger partial charge in [0.1, 0.15) is 12.6 Å². The molecule has 0 radical (unpaired) electrons. The maximum absolute atomic E-state index is 14.2. The summed E-state index contributed by atoms with van der Waals surface area (Å²) < 4.78 is 28.8. The molecule has 0 bridgehead atoms. The number of nitrogens with zero attached hydrogens (tertiary/aromatic N) is 3. The van der Waals surface area contributed by atoms with Gasteiger partial charge in [-0.1, -0.05) is 72.8 Å². The number of hydrogen-bond acceptors (Lipinski definition) is 4. The first-order valence-corrected chi connectivity index (χ1v) is 14.3. The number of para-hydroxylation sites is 1. The lowest BCUT2D eigenvalue weighted by Gasteiger charge is -2.35. The first-order valence-electron chi connectivity index (χ1n) is 12.9. The van der Waals surface area contributed by atoms with E-state index in [0.717, 1.165) is 25.3 Å². The van der Waals surface area contributed by atoms with Crippen LogP contribution in [0.5, 0.6) is 0 Å². The molecule has 1 unspecified atom stereocenters. The van der Waals surface area contributed by atoms with E-state index in [4.69, 9.17) is 0 Å². The van der Waals surface area contributed by atoms with Crippen molar-refractivity contribution in [1.82, 2.24) is 14.5 Å². The molecule has 1 atom stereocenters. The molecule has 2 amide bonds. The highest BCUT2D eigenvalue weighted by atomic mass is 32.2. The Morgan fingerprint density at radius 2 is 1.41 bits per heavy atom. The van der Waals surface area contributed by atoms with Crippen LogP contribution < -0.4 is 9.62 Å². The number of nitrogens with one attached hydrogen (secondary N) is 1. The zero-order valence-corrected chi connectivity index (χ0v) is 24.1. The molecule has 0 spiro atoms. The van der Waals surface area contributed by atoms with Gasteiger partial charge in [0, 0.05) is 33.1 Å². The molecule has 3 rings (SSSR count). The molecule has 39 heavy (non-hydrogen) atoms. The van der Waals surface area contributed by atoms with Crippen molar-refractivity contribution in [3.05, 3.63) is 102 Å². The van der Waals surface area contributed by atoms with Gasteiger partial charge >= 0.3 is 10.2 Å². The molecular weight excluding hydrogens is 512 g/mol. The summed E-state index contributed by atoms with van der Waals surface area (Å²) in [5.74, 6) is -0.773. The minimum atomic E-state index is -4.01. The molecule has 0 heterocycles. The van der Waals surface area contributed by atoms with Gasteiger partial charge in [-0.25, -0.2) is 4.31 Å². The van der Waals surface area contributed by atoms with Gasteiger partial charge in [-0.2, -0.15) is 12.7 Å². The molecule has 0 saturated carbocycles. The maximum atomic E-state index is 14.2. The highest BCUT2D eigenvalue weighted by Crippen LogP contribution is 2.22. The Morgan fingerprint density at radius 3 is 1.97 bits per heavy atom. The predicted molar refractivity (Wildman–Crippen MR) is 155 cm³/mol. The summed E-state index contributed by atoms with van der Waals surface area (Å²) >= 11 is 0. The molecule has 0 aliphatic carbocycles. The van der Waals surface area contributed by atoms with Crippen molar-refractivity contribution in [2.45, 2.75) is 45.8 Å². The minimum absolute atomic E-state index is 0.138. The highest BCUT2D eigenvalue weighted by molar-refractivity contribution is 7.90. The normalized spacial score (nSPS) is 12.3. The average molecular weight is 551 g/mol. The fourth-order valence-electron chi connectivity index (χ4n) is 4.22. The second-order valence-electron chi connectivity index (χ2n) is 9.95. The second-order valence-corrected chi connectivity index (χ2v) is 12.0. The van der Waals surface area contributed by atoms with Crippen LogP contribution in [0.4, 0.5) is 5.69 Å². The smallest absolute Gasteiger partial charge is 0.304 e. The number of carbonyl (C=O) groups excluding carboxylic acids is 2. The fourth-order valence-corrected chi connectivity index (χ4v) is 5.27. The maximum Gasteiger partial charge on any atom is 0.304 e. The van der Waals surface area contributed by atoms with Crippen LogP contribution in [0.1, 0.15) is 30.5 Å². The van der Waals surface area contributed by atoms with E-state index in [1.807, 2.05) is 75.4 Å². The third-order valence-electron chi connectivity index (χ3n) is 6.37. The molecule has 3 aromatic rings. The van der Waals surface area contributed by atoms with Gasteiger partial charge in [0.15, 0.2) is 0 Å². The summed E-state index contributed by atoms with van der Waals surface area (Å²) in [6, 6.07) is 24.7. The Balaban J connectivity index is 2.09. The molecular formula is C30H38N4O4S. The number of carbonyl (C=O) groups is 2. The average Bonchev–Trinajstić information content (AvgIpc) is 2.90. The molecule has 0 fully saturated rings. The lowest BCUT2D eigenvalue weighted by molar-refractivity contribution is -0.140. The first-order chi connectivity index (χ1) is 18.5. The number of aryl methyl sites for hydroxylation is 1. The van der Waals surface area contributed by atoms with Crippen molar-refractivity contribution in [1.29, 1.82) is 0 Å². The number of rotatable bonds is 12. The molecule has 9 heteroatoms. The Morgan fingerprint density at radius 1 is 0.846 bits per heavy atom. The molecule has 0 aromatic heterocycles. The Kier molecular flexibility index (Phi) is 10.3. The monoisotopic (exact) mass is 550 g/mol. The second kappa shape index (κ2) is 13.4. The van der Waals surface area contributed by atoms with Gasteiger partial charge in [-0.3, -0.25) is 9.59 Å². The standard InChI is InChI=1S/C30H38N4O4S/c1-23(2)31-30(36)28(20-25-15-8-6-9-16-25)33(21-26-17-13-12-14-24(26)3)29(35)22-34(39(37,38)32(4)5)27-18-10-7-11-19-27/h6-19,23,28H,20-22H2,1-5H3,(H,31,36). The molecule has 8 nitrogen and oxygen atoms in total. The zero-order valence-electron chi connectivity index (χ0n) is 23.2. The van der Waals surface area contributed by atoms with E-state index in [0.29, 0.717) is 5.69 Å². The largest absolute Gasteiger partial charge is 0.352 e. The van der Waals surface area contributed by atoms with Crippen LogP contribution in [0.25, 0.3) is 0 Å². The van der Waals surface area contributed by atoms with Crippen molar-refractivity contribution >= 4 is 27.7 Å². The topological polar surface area (TPSA) is 90.0 Å². The molecule has 0 saturated heterocycles. The Hall–Kier alpha value is -3.69. The summed E-state index contributed by atoms with van der Waals surface area (Å²) in [6.45, 7) is 5.37. The van der Waals surface area contributed by atoms with Gasteiger partial charge in [0.25, 0.3) is 0 Å². The lowest BCUT2D eigenvalue weighted by atomic mass is 10.0.